The number of benzene rings is 1. The van der Waals surface area contributed by atoms with Crippen LogP contribution >= 0.6 is 0 Å². The van der Waals surface area contributed by atoms with Gasteiger partial charge in [-0.15, -0.1) is 0 Å². The zero-order valence-corrected chi connectivity index (χ0v) is 17.5. The van der Waals surface area contributed by atoms with Crippen LogP contribution in [0.25, 0.3) is 0 Å². The van der Waals surface area contributed by atoms with E-state index in [1.807, 2.05) is 18.2 Å². The van der Waals surface area contributed by atoms with Gasteiger partial charge in [0, 0.05) is 25.4 Å². The third kappa shape index (κ3) is 7.34. The lowest BCUT2D eigenvalue weighted by atomic mass is 10.3. The molecule has 0 atom stereocenters. The van der Waals surface area contributed by atoms with Crippen LogP contribution in [0, 0.1) is 0 Å². The van der Waals surface area contributed by atoms with Crippen molar-refractivity contribution in [3.05, 3.63) is 82.4 Å². The predicted molar refractivity (Wildman–Crippen MR) is 115 cm³/mol. The first kappa shape index (κ1) is 23.8. The summed E-state index contributed by atoms with van der Waals surface area (Å²) in [6, 6.07) is 13.9. The maximum atomic E-state index is 12.5. The van der Waals surface area contributed by atoms with Crippen molar-refractivity contribution in [1.82, 2.24) is 20.1 Å². The number of hydrogen-bond donors (Lipinski definition) is 2. The summed E-state index contributed by atoms with van der Waals surface area (Å²) in [5.41, 5.74) is -1.08. The lowest BCUT2D eigenvalue weighted by Crippen LogP contribution is -2.31. The molecule has 0 saturated heterocycles. The molecule has 0 aliphatic carbocycles. The van der Waals surface area contributed by atoms with Gasteiger partial charge >= 0.3 is 6.18 Å². The minimum absolute atomic E-state index is 0.0895. The van der Waals surface area contributed by atoms with Gasteiger partial charge in [0.25, 0.3) is 11.5 Å². The smallest absolute Gasteiger partial charge is 0.417 e. The van der Waals surface area contributed by atoms with Gasteiger partial charge in [0.2, 0.25) is 0 Å². The van der Waals surface area contributed by atoms with Gasteiger partial charge in [0.1, 0.15) is 23.9 Å². The Labute approximate surface area is 187 Å². The fourth-order valence-corrected chi connectivity index (χ4v) is 2.76. The van der Waals surface area contributed by atoms with E-state index in [0.29, 0.717) is 31.1 Å². The molecular formula is C22H22F3N5O3. The molecule has 1 amide bonds. The van der Waals surface area contributed by atoms with Crippen molar-refractivity contribution in [2.75, 3.05) is 25.0 Å². The van der Waals surface area contributed by atoms with Crippen LogP contribution in [-0.2, 0) is 12.7 Å². The number of halogens is 3. The van der Waals surface area contributed by atoms with Gasteiger partial charge in [-0.05, 0) is 36.8 Å². The van der Waals surface area contributed by atoms with Crippen molar-refractivity contribution in [2.45, 2.75) is 19.1 Å². The molecule has 0 aliphatic rings. The normalized spacial score (nSPS) is 11.1. The molecule has 0 fully saturated rings. The highest BCUT2D eigenvalue weighted by molar-refractivity contribution is 5.91. The van der Waals surface area contributed by atoms with Crippen LogP contribution in [0.3, 0.4) is 0 Å². The summed E-state index contributed by atoms with van der Waals surface area (Å²) in [5, 5.41) is 9.64. The van der Waals surface area contributed by atoms with Crippen LogP contribution in [0.2, 0.25) is 0 Å². The summed E-state index contributed by atoms with van der Waals surface area (Å²) in [4.78, 5) is 28.0. The Morgan fingerprint density at radius 1 is 1.03 bits per heavy atom. The van der Waals surface area contributed by atoms with Gasteiger partial charge in [0.15, 0.2) is 0 Å². The minimum atomic E-state index is -4.43. The van der Waals surface area contributed by atoms with E-state index < -0.39 is 17.6 Å². The number of carbonyl (C=O) groups is 1. The molecule has 0 bridgehead atoms. The second kappa shape index (κ2) is 11.1. The molecule has 3 aromatic rings. The molecule has 8 nitrogen and oxygen atoms in total. The Hall–Kier alpha value is -3.89. The largest absolute Gasteiger partial charge is 0.492 e. The van der Waals surface area contributed by atoms with Crippen LogP contribution in [0.1, 0.15) is 22.5 Å². The topological polar surface area (TPSA) is 98.1 Å². The summed E-state index contributed by atoms with van der Waals surface area (Å²) in [7, 11) is 0. The van der Waals surface area contributed by atoms with Gasteiger partial charge in [-0.25, -0.2) is 9.67 Å². The molecule has 0 aliphatic heterocycles. The Kier molecular flexibility index (Phi) is 8.01. The SMILES string of the molecule is O=C(NCCCNc1ccc(C(F)(F)F)cn1)c1ccc(=O)n(CCOc2ccccc2)n1. The summed E-state index contributed by atoms with van der Waals surface area (Å²) >= 11 is 0. The quantitative estimate of drug-likeness (QED) is 0.451. The Morgan fingerprint density at radius 3 is 2.52 bits per heavy atom. The van der Waals surface area contributed by atoms with Gasteiger partial charge in [-0.1, -0.05) is 18.2 Å². The molecule has 1 aromatic carbocycles. The van der Waals surface area contributed by atoms with Crippen molar-refractivity contribution in [3.63, 3.8) is 0 Å². The van der Waals surface area contributed by atoms with Crippen molar-refractivity contribution >= 4 is 11.7 Å². The van der Waals surface area contributed by atoms with Gasteiger partial charge in [-0.3, -0.25) is 9.59 Å². The van der Waals surface area contributed by atoms with E-state index in [2.05, 4.69) is 20.7 Å². The first-order valence-electron chi connectivity index (χ1n) is 10.1. The number of alkyl halides is 3. The number of para-hydroxylation sites is 1. The van der Waals surface area contributed by atoms with E-state index in [4.69, 9.17) is 4.74 Å². The van der Waals surface area contributed by atoms with Gasteiger partial charge in [-0.2, -0.15) is 18.3 Å². The maximum Gasteiger partial charge on any atom is 0.417 e. The fourth-order valence-electron chi connectivity index (χ4n) is 2.76. The minimum Gasteiger partial charge on any atom is -0.492 e. The van der Waals surface area contributed by atoms with Crippen molar-refractivity contribution in [2.24, 2.45) is 0 Å². The van der Waals surface area contributed by atoms with Crippen molar-refractivity contribution in [1.29, 1.82) is 0 Å². The average molecular weight is 461 g/mol. The maximum absolute atomic E-state index is 12.5. The number of pyridine rings is 1. The highest BCUT2D eigenvalue weighted by Crippen LogP contribution is 2.28. The Balaban J connectivity index is 1.41. The lowest BCUT2D eigenvalue weighted by Gasteiger charge is -2.10. The monoisotopic (exact) mass is 461 g/mol. The standard InChI is InChI=1S/C22H22F3N5O3/c23-22(24,25)16-7-9-19(28-15-16)26-11-4-12-27-21(32)18-8-10-20(31)30(29-18)13-14-33-17-5-2-1-3-6-17/h1-3,5-10,15H,4,11-14H2,(H,26,28)(H,27,32). The van der Waals surface area contributed by atoms with E-state index >= 15 is 0 Å². The van der Waals surface area contributed by atoms with E-state index in [0.717, 1.165) is 16.9 Å². The molecule has 0 radical (unpaired) electrons. The molecule has 11 heteroatoms. The molecule has 33 heavy (non-hydrogen) atoms. The molecule has 0 saturated carbocycles. The summed E-state index contributed by atoms with van der Waals surface area (Å²) in [6.45, 7) is 1.08. The highest BCUT2D eigenvalue weighted by atomic mass is 19.4. The molecule has 3 rings (SSSR count). The van der Waals surface area contributed by atoms with Crippen LogP contribution in [0.4, 0.5) is 19.0 Å². The van der Waals surface area contributed by atoms with E-state index in [1.165, 1.54) is 18.2 Å². The van der Waals surface area contributed by atoms with Crippen molar-refractivity contribution < 1.29 is 22.7 Å². The number of aromatic nitrogens is 3. The number of nitrogens with zero attached hydrogens (tertiary/aromatic N) is 3. The van der Waals surface area contributed by atoms with Gasteiger partial charge < -0.3 is 15.4 Å². The lowest BCUT2D eigenvalue weighted by molar-refractivity contribution is -0.137. The summed E-state index contributed by atoms with van der Waals surface area (Å²) in [6.07, 6.45) is -3.17. The average Bonchev–Trinajstić information content (AvgIpc) is 2.80. The zero-order valence-electron chi connectivity index (χ0n) is 17.5. The van der Waals surface area contributed by atoms with E-state index in [1.54, 1.807) is 12.1 Å². The Bertz CT molecular complexity index is 1100. The number of nitrogens with one attached hydrogen (secondary N) is 2. The summed E-state index contributed by atoms with van der Waals surface area (Å²) < 4.78 is 44.3. The van der Waals surface area contributed by atoms with Crippen LogP contribution in [-0.4, -0.2) is 40.4 Å². The first-order chi connectivity index (χ1) is 15.8. The van der Waals surface area contributed by atoms with E-state index in [9.17, 15) is 22.8 Å². The molecule has 0 spiro atoms. The fraction of sp³-hybridized carbons (Fsp3) is 0.273. The number of rotatable bonds is 10. The number of ether oxygens (including phenoxy) is 1. The molecule has 2 N–H and O–H groups in total. The number of carbonyl (C=O) groups excluding carboxylic acids is 1. The van der Waals surface area contributed by atoms with Crippen LogP contribution < -0.4 is 20.9 Å². The number of hydrogen-bond acceptors (Lipinski definition) is 6. The predicted octanol–water partition coefficient (Wildman–Crippen LogP) is 2.97. The summed E-state index contributed by atoms with van der Waals surface area (Å²) in [5.74, 6) is 0.528. The first-order valence-corrected chi connectivity index (χ1v) is 10.1. The number of anilines is 1. The number of amides is 1. The highest BCUT2D eigenvalue weighted by Gasteiger charge is 2.30. The van der Waals surface area contributed by atoms with Gasteiger partial charge in [0.05, 0.1) is 12.1 Å². The second-order valence-corrected chi connectivity index (χ2v) is 6.91. The third-order valence-electron chi connectivity index (χ3n) is 4.45. The van der Waals surface area contributed by atoms with Crippen LogP contribution in [0.15, 0.2) is 65.6 Å². The molecule has 2 heterocycles. The van der Waals surface area contributed by atoms with Crippen LogP contribution in [0.5, 0.6) is 5.75 Å². The van der Waals surface area contributed by atoms with E-state index in [-0.39, 0.29) is 24.4 Å². The zero-order chi connectivity index (χ0) is 23.7. The van der Waals surface area contributed by atoms with Crippen molar-refractivity contribution in [3.8, 4) is 5.75 Å². The second-order valence-electron chi connectivity index (χ2n) is 6.91. The third-order valence-corrected chi connectivity index (χ3v) is 4.45. The molecule has 0 unspecified atom stereocenters. The molecule has 174 valence electrons. The Morgan fingerprint density at radius 2 is 1.82 bits per heavy atom. The molecule has 2 aromatic heterocycles. The molecular weight excluding hydrogens is 439 g/mol.